The van der Waals surface area contributed by atoms with Crippen LogP contribution < -0.4 is 5.32 Å². The van der Waals surface area contributed by atoms with E-state index in [-0.39, 0.29) is 6.10 Å². The summed E-state index contributed by atoms with van der Waals surface area (Å²) < 4.78 is 0. The number of imidazole rings is 1. The van der Waals surface area contributed by atoms with Crippen LogP contribution in [0.5, 0.6) is 0 Å². The van der Waals surface area contributed by atoms with Crippen molar-refractivity contribution < 1.29 is 5.11 Å². The number of fused-ring (bicyclic) bond motifs is 1. The summed E-state index contributed by atoms with van der Waals surface area (Å²) in [4.78, 5) is 10.7. The van der Waals surface area contributed by atoms with Gasteiger partial charge in [0.25, 0.3) is 0 Å². The monoisotopic (exact) mass is 328 g/mol. The number of likely N-dealkylation sites (tertiary alicyclic amines) is 1. The topological polar surface area (TPSA) is 64.2 Å². The summed E-state index contributed by atoms with van der Waals surface area (Å²) in [7, 11) is 0. The summed E-state index contributed by atoms with van der Waals surface area (Å²) in [5, 5.41) is 13.9. The van der Waals surface area contributed by atoms with Gasteiger partial charge in [0.05, 0.1) is 17.1 Å². The number of nitrogens with zero attached hydrogens (tertiary/aromatic N) is 2. The van der Waals surface area contributed by atoms with Crippen molar-refractivity contribution in [3.63, 3.8) is 0 Å². The molecule has 0 radical (unpaired) electrons. The van der Waals surface area contributed by atoms with Gasteiger partial charge < -0.3 is 20.3 Å². The highest BCUT2D eigenvalue weighted by molar-refractivity contribution is 5.74. The zero-order chi connectivity index (χ0) is 16.4. The molecule has 3 heterocycles. The first-order chi connectivity index (χ1) is 11.8. The number of rotatable bonds is 4. The maximum Gasteiger partial charge on any atom is 0.110 e. The van der Waals surface area contributed by atoms with Crippen LogP contribution in [0.3, 0.4) is 0 Å². The van der Waals surface area contributed by atoms with Gasteiger partial charge in [-0.1, -0.05) is 12.1 Å². The van der Waals surface area contributed by atoms with E-state index < -0.39 is 0 Å². The molecule has 1 aromatic carbocycles. The molecule has 0 amide bonds. The van der Waals surface area contributed by atoms with E-state index in [1.54, 1.807) is 0 Å². The minimum atomic E-state index is -0.171. The minimum Gasteiger partial charge on any atom is -0.392 e. The Morgan fingerprint density at radius 1 is 1.12 bits per heavy atom. The van der Waals surface area contributed by atoms with Crippen molar-refractivity contribution in [1.82, 2.24) is 20.2 Å². The van der Waals surface area contributed by atoms with E-state index in [1.165, 1.54) is 0 Å². The average Bonchev–Trinajstić information content (AvgIpc) is 3.07. The molecule has 0 saturated carbocycles. The molecule has 2 aliphatic heterocycles. The van der Waals surface area contributed by atoms with Crippen LogP contribution >= 0.6 is 0 Å². The van der Waals surface area contributed by atoms with Gasteiger partial charge in [0.2, 0.25) is 0 Å². The van der Waals surface area contributed by atoms with E-state index in [0.717, 1.165) is 75.3 Å². The molecule has 0 spiro atoms. The second-order valence-electron chi connectivity index (χ2n) is 7.37. The standard InChI is InChI=1S/C19H28N4O/c24-18(14-5-9-20-10-6-14)13-23-11-7-15(8-12-23)19-21-16-3-1-2-4-17(16)22-19/h1-4,14-15,18,20,24H,5-13H2,(H,21,22). The third-order valence-corrected chi connectivity index (χ3v) is 5.76. The van der Waals surface area contributed by atoms with Gasteiger partial charge >= 0.3 is 0 Å². The summed E-state index contributed by atoms with van der Waals surface area (Å²) in [5.74, 6) is 2.12. The van der Waals surface area contributed by atoms with Crippen molar-refractivity contribution in [1.29, 1.82) is 0 Å². The summed E-state index contributed by atoms with van der Waals surface area (Å²) in [6.07, 6.45) is 4.29. The lowest BCUT2D eigenvalue weighted by Crippen LogP contribution is -2.43. The Morgan fingerprint density at radius 2 is 1.88 bits per heavy atom. The Kier molecular flexibility index (Phi) is 4.83. The van der Waals surface area contributed by atoms with Gasteiger partial charge in [-0.15, -0.1) is 0 Å². The van der Waals surface area contributed by atoms with E-state index in [1.807, 2.05) is 6.07 Å². The van der Waals surface area contributed by atoms with Crippen molar-refractivity contribution in [2.45, 2.75) is 37.7 Å². The number of para-hydroxylation sites is 2. The highest BCUT2D eigenvalue weighted by Crippen LogP contribution is 2.28. The highest BCUT2D eigenvalue weighted by atomic mass is 16.3. The molecule has 24 heavy (non-hydrogen) atoms. The SMILES string of the molecule is OC(CN1CCC(c2nc3ccccc3[nH]2)CC1)C1CCNCC1. The summed E-state index contributed by atoms with van der Waals surface area (Å²) >= 11 is 0. The second kappa shape index (κ2) is 7.21. The number of benzene rings is 1. The fourth-order valence-corrected chi connectivity index (χ4v) is 4.20. The molecule has 5 nitrogen and oxygen atoms in total. The summed E-state index contributed by atoms with van der Waals surface area (Å²) in [6.45, 7) is 5.05. The molecule has 5 heteroatoms. The van der Waals surface area contributed by atoms with Crippen LogP contribution in [-0.4, -0.2) is 58.8 Å². The number of hydrogen-bond acceptors (Lipinski definition) is 4. The first-order valence-corrected chi connectivity index (χ1v) is 9.35. The summed E-state index contributed by atoms with van der Waals surface area (Å²) in [5.41, 5.74) is 2.20. The number of aromatic amines is 1. The Labute approximate surface area is 143 Å². The zero-order valence-electron chi connectivity index (χ0n) is 14.2. The normalized spacial score (nSPS) is 22.9. The molecule has 2 aliphatic rings. The third-order valence-electron chi connectivity index (χ3n) is 5.76. The fraction of sp³-hybridized carbons (Fsp3) is 0.632. The van der Waals surface area contributed by atoms with Gasteiger partial charge in [-0.3, -0.25) is 0 Å². The van der Waals surface area contributed by atoms with E-state index in [4.69, 9.17) is 4.98 Å². The molecular formula is C19H28N4O. The van der Waals surface area contributed by atoms with E-state index in [9.17, 15) is 5.11 Å². The molecule has 1 aromatic heterocycles. The van der Waals surface area contributed by atoms with Crippen molar-refractivity contribution >= 4 is 11.0 Å². The largest absolute Gasteiger partial charge is 0.392 e. The van der Waals surface area contributed by atoms with Crippen LogP contribution in [-0.2, 0) is 0 Å². The first-order valence-electron chi connectivity index (χ1n) is 9.35. The molecule has 1 unspecified atom stereocenters. The van der Waals surface area contributed by atoms with Crippen LogP contribution in [0.25, 0.3) is 11.0 Å². The number of H-pyrrole nitrogens is 1. The predicted octanol–water partition coefficient (Wildman–Crippen LogP) is 2.10. The number of aliphatic hydroxyl groups excluding tert-OH is 1. The minimum absolute atomic E-state index is 0.171. The zero-order valence-corrected chi connectivity index (χ0v) is 14.2. The van der Waals surface area contributed by atoms with Gasteiger partial charge in [-0.2, -0.15) is 0 Å². The van der Waals surface area contributed by atoms with Gasteiger partial charge in [0.15, 0.2) is 0 Å². The van der Waals surface area contributed by atoms with Crippen LogP contribution in [0.4, 0.5) is 0 Å². The molecule has 3 N–H and O–H groups in total. The lowest BCUT2D eigenvalue weighted by atomic mass is 9.90. The lowest BCUT2D eigenvalue weighted by Gasteiger charge is -2.35. The molecule has 130 valence electrons. The van der Waals surface area contributed by atoms with E-state index in [0.29, 0.717) is 11.8 Å². The highest BCUT2D eigenvalue weighted by Gasteiger charge is 2.27. The molecule has 2 fully saturated rings. The third kappa shape index (κ3) is 3.48. The average molecular weight is 328 g/mol. The molecule has 4 rings (SSSR count). The number of hydrogen-bond donors (Lipinski definition) is 3. The summed E-state index contributed by atoms with van der Waals surface area (Å²) in [6, 6.07) is 8.25. The Morgan fingerprint density at radius 3 is 2.62 bits per heavy atom. The first kappa shape index (κ1) is 16.1. The quantitative estimate of drug-likeness (QED) is 0.804. The van der Waals surface area contributed by atoms with Crippen LogP contribution in [0.2, 0.25) is 0 Å². The van der Waals surface area contributed by atoms with Gasteiger partial charge in [-0.25, -0.2) is 4.98 Å². The Hall–Kier alpha value is -1.43. The number of piperidine rings is 2. The van der Waals surface area contributed by atoms with Crippen molar-refractivity contribution in [2.24, 2.45) is 5.92 Å². The molecule has 2 aromatic rings. The van der Waals surface area contributed by atoms with Gasteiger partial charge in [0.1, 0.15) is 5.82 Å². The van der Waals surface area contributed by atoms with Crippen molar-refractivity contribution in [2.75, 3.05) is 32.7 Å². The van der Waals surface area contributed by atoms with E-state index in [2.05, 4.69) is 33.4 Å². The van der Waals surface area contributed by atoms with Crippen LogP contribution in [0.15, 0.2) is 24.3 Å². The van der Waals surface area contributed by atoms with E-state index >= 15 is 0 Å². The number of β-amino-alcohol motifs (C(OH)–C–C–N with tert-alkyl or cyclic N) is 1. The van der Waals surface area contributed by atoms with Crippen molar-refractivity contribution in [3.05, 3.63) is 30.1 Å². The van der Waals surface area contributed by atoms with Crippen LogP contribution in [0.1, 0.15) is 37.4 Å². The number of aliphatic hydroxyl groups is 1. The number of nitrogens with one attached hydrogen (secondary N) is 2. The fourth-order valence-electron chi connectivity index (χ4n) is 4.20. The maximum atomic E-state index is 10.5. The number of aromatic nitrogens is 2. The molecule has 0 bridgehead atoms. The lowest BCUT2D eigenvalue weighted by molar-refractivity contribution is 0.0424. The second-order valence-corrected chi connectivity index (χ2v) is 7.37. The molecule has 2 saturated heterocycles. The molecule has 1 atom stereocenters. The Balaban J connectivity index is 1.31. The maximum absolute atomic E-state index is 10.5. The smallest absolute Gasteiger partial charge is 0.110 e. The van der Waals surface area contributed by atoms with Gasteiger partial charge in [-0.05, 0) is 69.9 Å². The van der Waals surface area contributed by atoms with Crippen LogP contribution in [0, 0.1) is 5.92 Å². The van der Waals surface area contributed by atoms with Gasteiger partial charge in [0, 0.05) is 12.5 Å². The Bertz CT molecular complexity index is 623. The molecule has 0 aliphatic carbocycles. The van der Waals surface area contributed by atoms with Crippen molar-refractivity contribution in [3.8, 4) is 0 Å². The molecular weight excluding hydrogens is 300 g/mol. The predicted molar refractivity (Wildman–Crippen MR) is 96.1 cm³/mol.